The lowest BCUT2D eigenvalue weighted by Crippen LogP contribution is -2.34. The summed E-state index contributed by atoms with van der Waals surface area (Å²) in [5, 5.41) is 28.8. The maximum absolute atomic E-state index is 15.0. The zero-order valence-electron chi connectivity index (χ0n) is 21.7. The monoisotopic (exact) mass is 562 g/mol. The number of hydrogen-bond acceptors (Lipinski definition) is 5. The van der Waals surface area contributed by atoms with Gasteiger partial charge in [0.2, 0.25) is 0 Å². The normalized spacial score (nSPS) is 18.3. The molecular formula is C29H33ClF2N2O5. The van der Waals surface area contributed by atoms with Crippen molar-refractivity contribution in [3.8, 4) is 17.5 Å². The van der Waals surface area contributed by atoms with Crippen molar-refractivity contribution in [2.24, 2.45) is 11.8 Å². The molecule has 4 rings (SSSR count). The third-order valence-corrected chi connectivity index (χ3v) is 7.86. The van der Waals surface area contributed by atoms with E-state index in [9.17, 15) is 28.9 Å². The van der Waals surface area contributed by atoms with Crippen LogP contribution >= 0.6 is 11.6 Å². The Balaban J connectivity index is 1.45. The average molecular weight is 563 g/mol. The summed E-state index contributed by atoms with van der Waals surface area (Å²) in [5.41, 5.74) is 1.45. The SMILES string of the molecule is CC(c1ccc(Cl)c(F)c1)N(Cc1ccc(OCCn2c(O)ccc2O)c(F)c1)CC1CCC(C(=O)O)CC1. The summed E-state index contributed by atoms with van der Waals surface area (Å²) >= 11 is 5.89. The van der Waals surface area contributed by atoms with Crippen LogP contribution in [0, 0.1) is 23.5 Å². The lowest BCUT2D eigenvalue weighted by atomic mass is 9.81. The zero-order chi connectivity index (χ0) is 28.1. The van der Waals surface area contributed by atoms with Gasteiger partial charge in [0.05, 0.1) is 17.5 Å². The average Bonchev–Trinajstić information content (AvgIpc) is 3.23. The Bertz CT molecular complexity index is 1270. The largest absolute Gasteiger partial charge is 0.494 e. The van der Waals surface area contributed by atoms with Gasteiger partial charge in [-0.1, -0.05) is 23.7 Å². The number of halogens is 3. The van der Waals surface area contributed by atoms with Crippen LogP contribution in [-0.4, -0.2) is 43.9 Å². The molecule has 1 saturated carbocycles. The van der Waals surface area contributed by atoms with Crippen molar-refractivity contribution in [2.75, 3.05) is 13.2 Å². The molecule has 10 heteroatoms. The van der Waals surface area contributed by atoms with Gasteiger partial charge in [-0.15, -0.1) is 0 Å². The van der Waals surface area contributed by atoms with Crippen LogP contribution in [0.5, 0.6) is 17.5 Å². The van der Waals surface area contributed by atoms with E-state index in [4.69, 9.17) is 16.3 Å². The number of hydrogen-bond donors (Lipinski definition) is 3. The van der Waals surface area contributed by atoms with E-state index < -0.39 is 17.6 Å². The molecule has 3 N–H and O–H groups in total. The van der Waals surface area contributed by atoms with Gasteiger partial charge >= 0.3 is 5.97 Å². The second kappa shape index (κ2) is 12.7. The Labute approximate surface area is 231 Å². The van der Waals surface area contributed by atoms with Crippen molar-refractivity contribution in [3.63, 3.8) is 0 Å². The first kappa shape index (κ1) is 28.7. The number of aromatic nitrogens is 1. The third-order valence-electron chi connectivity index (χ3n) is 7.55. The van der Waals surface area contributed by atoms with E-state index in [0.717, 1.165) is 18.4 Å². The molecule has 7 nitrogen and oxygen atoms in total. The summed E-state index contributed by atoms with van der Waals surface area (Å²) in [6.07, 6.45) is 2.81. The second-order valence-electron chi connectivity index (χ2n) is 10.1. The molecule has 1 heterocycles. The Hall–Kier alpha value is -3.30. The number of aromatic hydroxyl groups is 2. The first-order valence-electron chi connectivity index (χ1n) is 13.0. The Morgan fingerprint density at radius 3 is 2.36 bits per heavy atom. The minimum atomic E-state index is -0.755. The molecule has 1 atom stereocenters. The van der Waals surface area contributed by atoms with Crippen molar-refractivity contribution in [3.05, 3.63) is 76.3 Å². The van der Waals surface area contributed by atoms with Gasteiger partial charge in [-0.3, -0.25) is 14.3 Å². The van der Waals surface area contributed by atoms with Gasteiger partial charge in [0.25, 0.3) is 0 Å². The van der Waals surface area contributed by atoms with E-state index >= 15 is 0 Å². The molecule has 0 saturated heterocycles. The van der Waals surface area contributed by atoms with Gasteiger partial charge in [-0.25, -0.2) is 8.78 Å². The van der Waals surface area contributed by atoms with Gasteiger partial charge in [0.1, 0.15) is 12.4 Å². The van der Waals surface area contributed by atoms with Crippen LogP contribution < -0.4 is 4.74 Å². The molecule has 3 aromatic rings. The maximum atomic E-state index is 15.0. The van der Waals surface area contributed by atoms with E-state index in [-0.39, 0.29) is 53.6 Å². The minimum absolute atomic E-state index is 0.0381. The predicted octanol–water partition coefficient (Wildman–Crippen LogP) is 6.36. The Morgan fingerprint density at radius 1 is 1.05 bits per heavy atom. The molecule has 1 aliphatic carbocycles. The minimum Gasteiger partial charge on any atom is -0.494 e. The first-order valence-corrected chi connectivity index (χ1v) is 13.4. The fourth-order valence-electron chi connectivity index (χ4n) is 5.18. The fourth-order valence-corrected chi connectivity index (χ4v) is 5.30. The number of nitrogens with zero attached hydrogens (tertiary/aromatic N) is 2. The zero-order valence-corrected chi connectivity index (χ0v) is 22.5. The van der Waals surface area contributed by atoms with Crippen molar-refractivity contribution in [1.82, 2.24) is 9.47 Å². The molecule has 0 bridgehead atoms. The number of carboxylic acids is 1. The summed E-state index contributed by atoms with van der Waals surface area (Å²) in [4.78, 5) is 13.5. The molecule has 210 valence electrons. The second-order valence-corrected chi connectivity index (χ2v) is 10.6. The molecule has 2 aromatic carbocycles. The molecule has 1 aliphatic rings. The van der Waals surface area contributed by atoms with E-state index in [2.05, 4.69) is 4.90 Å². The topological polar surface area (TPSA) is 95.2 Å². The standard InChI is InChI=1S/C29H33ClF2N2O5/c1-18(22-7-8-23(30)24(31)15-22)33(16-19-2-5-21(6-3-19)29(37)38)17-20-4-9-26(25(32)14-20)39-13-12-34-27(35)10-11-28(34)36/h4,7-11,14-15,18-19,21,35-36H,2-3,5-6,12-13,16-17H2,1H3,(H,37,38). The van der Waals surface area contributed by atoms with Crippen LogP contribution in [-0.2, 0) is 17.9 Å². The highest BCUT2D eigenvalue weighted by Crippen LogP contribution is 2.33. The molecule has 39 heavy (non-hydrogen) atoms. The van der Waals surface area contributed by atoms with Crippen LogP contribution in [0.25, 0.3) is 0 Å². The summed E-state index contributed by atoms with van der Waals surface area (Å²) in [5.74, 6) is -2.01. The molecule has 0 amide bonds. The van der Waals surface area contributed by atoms with Gasteiger partial charge in [0, 0.05) is 31.3 Å². The van der Waals surface area contributed by atoms with Crippen molar-refractivity contribution in [2.45, 2.75) is 51.7 Å². The van der Waals surface area contributed by atoms with Crippen molar-refractivity contribution in [1.29, 1.82) is 0 Å². The van der Waals surface area contributed by atoms with Gasteiger partial charge < -0.3 is 20.1 Å². The number of aliphatic carboxylic acids is 1. The predicted molar refractivity (Wildman–Crippen MR) is 143 cm³/mol. The molecule has 0 spiro atoms. The summed E-state index contributed by atoms with van der Waals surface area (Å²) in [6, 6.07) is 12.0. The van der Waals surface area contributed by atoms with E-state index in [0.29, 0.717) is 31.5 Å². The molecule has 0 aliphatic heterocycles. The first-order chi connectivity index (χ1) is 18.6. The van der Waals surface area contributed by atoms with Crippen LogP contribution in [0.4, 0.5) is 8.78 Å². The highest BCUT2D eigenvalue weighted by molar-refractivity contribution is 6.30. The number of carbonyl (C=O) groups is 1. The number of carboxylic acid groups (broad SMARTS) is 1. The number of benzene rings is 2. The number of ether oxygens (including phenoxy) is 1. The number of rotatable bonds is 11. The molecular weight excluding hydrogens is 530 g/mol. The molecule has 1 aromatic heterocycles. The highest BCUT2D eigenvalue weighted by Gasteiger charge is 2.29. The van der Waals surface area contributed by atoms with Crippen LogP contribution in [0.2, 0.25) is 5.02 Å². The highest BCUT2D eigenvalue weighted by atomic mass is 35.5. The molecule has 1 fully saturated rings. The van der Waals surface area contributed by atoms with Gasteiger partial charge in [-0.05, 0) is 73.9 Å². The van der Waals surface area contributed by atoms with E-state index in [1.54, 1.807) is 18.2 Å². The van der Waals surface area contributed by atoms with Crippen molar-refractivity contribution >= 4 is 17.6 Å². The Morgan fingerprint density at radius 2 is 1.74 bits per heavy atom. The van der Waals surface area contributed by atoms with Gasteiger partial charge in [-0.2, -0.15) is 0 Å². The fraction of sp³-hybridized carbons (Fsp3) is 0.414. The summed E-state index contributed by atoms with van der Waals surface area (Å²) in [7, 11) is 0. The van der Waals surface area contributed by atoms with Crippen LogP contribution in [0.3, 0.4) is 0 Å². The van der Waals surface area contributed by atoms with E-state index in [1.165, 1.54) is 34.9 Å². The third kappa shape index (κ3) is 7.22. The van der Waals surface area contributed by atoms with Crippen molar-refractivity contribution < 1.29 is 33.6 Å². The van der Waals surface area contributed by atoms with Crippen LogP contribution in [0.15, 0.2) is 48.5 Å². The Kier molecular flexibility index (Phi) is 9.35. The van der Waals surface area contributed by atoms with Crippen LogP contribution in [0.1, 0.15) is 49.8 Å². The van der Waals surface area contributed by atoms with E-state index in [1.807, 2.05) is 6.92 Å². The molecule has 0 radical (unpaired) electrons. The molecule has 1 unspecified atom stereocenters. The quantitative estimate of drug-likeness (QED) is 0.251. The summed E-state index contributed by atoms with van der Waals surface area (Å²) < 4.78 is 36.0. The summed E-state index contributed by atoms with van der Waals surface area (Å²) in [6.45, 7) is 3.19. The lowest BCUT2D eigenvalue weighted by molar-refractivity contribution is -0.143. The smallest absolute Gasteiger partial charge is 0.306 e. The maximum Gasteiger partial charge on any atom is 0.306 e. The lowest BCUT2D eigenvalue weighted by Gasteiger charge is -2.35. The van der Waals surface area contributed by atoms with Gasteiger partial charge in [0.15, 0.2) is 23.3 Å².